The first kappa shape index (κ1) is 15.1. The third-order valence-electron chi connectivity index (χ3n) is 3.50. The van der Waals surface area contributed by atoms with E-state index in [0.29, 0.717) is 16.7 Å². The Hall–Kier alpha value is -0.280. The molecule has 2 rings (SSSR count). The zero-order chi connectivity index (χ0) is 14.0. The quantitative estimate of drug-likeness (QED) is 0.777. The molecule has 1 aromatic rings. The Morgan fingerprint density at radius 1 is 1.37 bits per heavy atom. The van der Waals surface area contributed by atoms with Crippen LogP contribution in [-0.4, -0.2) is 12.7 Å². The van der Waals surface area contributed by atoms with Gasteiger partial charge in [0.1, 0.15) is 0 Å². The second kappa shape index (κ2) is 6.01. The SMILES string of the molecule is CCCC1COC(c2ccc(Cl)cc2Cl)(C(C)C)O1. The van der Waals surface area contributed by atoms with Crippen LogP contribution in [0.5, 0.6) is 0 Å². The van der Waals surface area contributed by atoms with Crippen molar-refractivity contribution < 1.29 is 9.47 Å². The van der Waals surface area contributed by atoms with Gasteiger partial charge in [0.25, 0.3) is 0 Å². The minimum Gasteiger partial charge on any atom is -0.343 e. The van der Waals surface area contributed by atoms with Crippen molar-refractivity contribution in [2.45, 2.75) is 45.5 Å². The van der Waals surface area contributed by atoms with Crippen LogP contribution in [0.4, 0.5) is 0 Å². The highest BCUT2D eigenvalue weighted by atomic mass is 35.5. The van der Waals surface area contributed by atoms with Gasteiger partial charge in [0.2, 0.25) is 0 Å². The lowest BCUT2D eigenvalue weighted by atomic mass is 9.94. The summed E-state index contributed by atoms with van der Waals surface area (Å²) in [5, 5.41) is 1.22. The Kier molecular flexibility index (Phi) is 4.78. The predicted octanol–water partition coefficient (Wildman–Crippen LogP) is 5.02. The van der Waals surface area contributed by atoms with Gasteiger partial charge < -0.3 is 9.47 Å². The molecule has 0 N–H and O–H groups in total. The van der Waals surface area contributed by atoms with Crippen LogP contribution in [-0.2, 0) is 15.3 Å². The second-order valence-corrected chi connectivity index (χ2v) is 6.13. The summed E-state index contributed by atoms with van der Waals surface area (Å²) in [5.74, 6) is -0.574. The molecule has 1 aromatic carbocycles. The van der Waals surface area contributed by atoms with Gasteiger partial charge in [-0.3, -0.25) is 0 Å². The molecule has 0 bridgehead atoms. The van der Waals surface area contributed by atoms with Gasteiger partial charge in [0.05, 0.1) is 17.7 Å². The van der Waals surface area contributed by atoms with Gasteiger partial charge in [0.15, 0.2) is 5.79 Å². The molecule has 2 atom stereocenters. The van der Waals surface area contributed by atoms with E-state index in [1.54, 1.807) is 6.07 Å². The number of hydrogen-bond donors (Lipinski definition) is 0. The van der Waals surface area contributed by atoms with Gasteiger partial charge in [-0.05, 0) is 18.6 Å². The highest BCUT2D eigenvalue weighted by Gasteiger charge is 2.46. The average Bonchev–Trinajstić information content (AvgIpc) is 2.75. The highest BCUT2D eigenvalue weighted by Crippen LogP contribution is 2.44. The van der Waals surface area contributed by atoms with Crippen molar-refractivity contribution in [3.8, 4) is 0 Å². The van der Waals surface area contributed by atoms with Crippen molar-refractivity contribution in [3.05, 3.63) is 33.8 Å². The molecule has 1 aliphatic rings. The van der Waals surface area contributed by atoms with Crippen molar-refractivity contribution in [1.29, 1.82) is 0 Å². The fraction of sp³-hybridized carbons (Fsp3) is 0.600. The van der Waals surface area contributed by atoms with Crippen LogP contribution in [0.2, 0.25) is 10.0 Å². The standard InChI is InChI=1S/C15H20Cl2O2/c1-4-5-12-9-18-15(19-12,10(2)3)13-7-6-11(16)8-14(13)17/h6-8,10,12H,4-5,9H2,1-3H3. The van der Waals surface area contributed by atoms with Crippen molar-refractivity contribution in [1.82, 2.24) is 0 Å². The molecule has 1 fully saturated rings. The molecule has 2 nitrogen and oxygen atoms in total. The van der Waals surface area contributed by atoms with Gasteiger partial charge >= 0.3 is 0 Å². The molecule has 1 aliphatic heterocycles. The summed E-state index contributed by atoms with van der Waals surface area (Å²) in [6, 6.07) is 5.47. The summed E-state index contributed by atoms with van der Waals surface area (Å²) < 4.78 is 12.2. The summed E-state index contributed by atoms with van der Waals surface area (Å²) in [7, 11) is 0. The summed E-state index contributed by atoms with van der Waals surface area (Å²) >= 11 is 12.3. The third-order valence-corrected chi connectivity index (χ3v) is 4.05. The Labute approximate surface area is 125 Å². The van der Waals surface area contributed by atoms with Gasteiger partial charge in [-0.25, -0.2) is 0 Å². The number of halogens is 2. The van der Waals surface area contributed by atoms with Crippen molar-refractivity contribution in [2.24, 2.45) is 5.92 Å². The molecule has 0 amide bonds. The zero-order valence-electron chi connectivity index (χ0n) is 11.6. The maximum atomic E-state index is 6.32. The van der Waals surface area contributed by atoms with Gasteiger partial charge in [0, 0.05) is 16.5 Å². The van der Waals surface area contributed by atoms with Gasteiger partial charge in [-0.1, -0.05) is 56.5 Å². The maximum Gasteiger partial charge on any atom is 0.199 e. The molecule has 4 heteroatoms. The minimum absolute atomic E-state index is 0.138. The average molecular weight is 303 g/mol. The van der Waals surface area contributed by atoms with Crippen molar-refractivity contribution in [3.63, 3.8) is 0 Å². The molecule has 0 aromatic heterocycles. The van der Waals surface area contributed by atoms with E-state index in [0.717, 1.165) is 18.4 Å². The van der Waals surface area contributed by atoms with Crippen LogP contribution < -0.4 is 0 Å². The van der Waals surface area contributed by atoms with Gasteiger partial charge in [-0.15, -0.1) is 0 Å². The number of benzene rings is 1. The first-order valence-electron chi connectivity index (χ1n) is 6.77. The van der Waals surface area contributed by atoms with Crippen molar-refractivity contribution >= 4 is 23.2 Å². The molecule has 106 valence electrons. The second-order valence-electron chi connectivity index (χ2n) is 5.29. The van der Waals surface area contributed by atoms with E-state index in [2.05, 4.69) is 20.8 Å². The maximum absolute atomic E-state index is 6.32. The predicted molar refractivity (Wildman–Crippen MR) is 78.7 cm³/mol. The van der Waals surface area contributed by atoms with Crippen LogP contribution in [0.15, 0.2) is 18.2 Å². The molecule has 2 unspecified atom stereocenters. The molecule has 0 spiro atoms. The van der Waals surface area contributed by atoms with Crippen LogP contribution in [0.25, 0.3) is 0 Å². The molecule has 0 aliphatic carbocycles. The number of ether oxygens (including phenoxy) is 2. The van der Waals surface area contributed by atoms with E-state index in [9.17, 15) is 0 Å². The lowest BCUT2D eigenvalue weighted by Crippen LogP contribution is -2.34. The minimum atomic E-state index is -0.749. The first-order valence-corrected chi connectivity index (χ1v) is 7.52. The smallest absolute Gasteiger partial charge is 0.199 e. The highest BCUT2D eigenvalue weighted by molar-refractivity contribution is 6.35. The molecule has 1 heterocycles. The van der Waals surface area contributed by atoms with Gasteiger partial charge in [-0.2, -0.15) is 0 Å². The summed E-state index contributed by atoms with van der Waals surface area (Å²) in [6.07, 6.45) is 2.22. The lowest BCUT2D eigenvalue weighted by Gasteiger charge is -2.33. The molecule has 0 radical (unpaired) electrons. The zero-order valence-corrected chi connectivity index (χ0v) is 13.1. The Balaban J connectivity index is 2.35. The topological polar surface area (TPSA) is 18.5 Å². The third kappa shape index (κ3) is 2.92. The first-order chi connectivity index (χ1) is 8.99. The summed E-state index contributed by atoms with van der Waals surface area (Å²) in [6.45, 7) is 6.93. The Morgan fingerprint density at radius 3 is 2.68 bits per heavy atom. The molecular formula is C15H20Cl2O2. The summed E-state index contributed by atoms with van der Waals surface area (Å²) in [4.78, 5) is 0. The van der Waals surface area contributed by atoms with E-state index >= 15 is 0 Å². The van der Waals surface area contributed by atoms with E-state index in [4.69, 9.17) is 32.7 Å². The van der Waals surface area contributed by atoms with E-state index in [1.807, 2.05) is 12.1 Å². The largest absolute Gasteiger partial charge is 0.343 e. The Morgan fingerprint density at radius 2 is 2.11 bits per heavy atom. The fourth-order valence-electron chi connectivity index (χ4n) is 2.52. The van der Waals surface area contributed by atoms with Crippen LogP contribution >= 0.6 is 23.2 Å². The molecule has 1 saturated heterocycles. The van der Waals surface area contributed by atoms with Crippen LogP contribution in [0, 0.1) is 5.92 Å². The number of hydrogen-bond acceptors (Lipinski definition) is 2. The van der Waals surface area contributed by atoms with Crippen LogP contribution in [0.3, 0.4) is 0 Å². The normalized spacial score (nSPS) is 27.2. The van der Waals surface area contributed by atoms with E-state index in [1.165, 1.54) is 0 Å². The van der Waals surface area contributed by atoms with E-state index < -0.39 is 5.79 Å². The fourth-order valence-corrected chi connectivity index (χ4v) is 3.06. The number of rotatable bonds is 4. The lowest BCUT2D eigenvalue weighted by molar-refractivity contribution is -0.207. The molecule has 0 saturated carbocycles. The van der Waals surface area contributed by atoms with Crippen LogP contribution in [0.1, 0.15) is 39.2 Å². The van der Waals surface area contributed by atoms with Crippen molar-refractivity contribution in [2.75, 3.05) is 6.61 Å². The molecule has 19 heavy (non-hydrogen) atoms. The Bertz CT molecular complexity index is 448. The monoisotopic (exact) mass is 302 g/mol. The molecular weight excluding hydrogens is 283 g/mol. The summed E-state index contributed by atoms with van der Waals surface area (Å²) in [5.41, 5.74) is 0.868. The van der Waals surface area contributed by atoms with E-state index in [-0.39, 0.29) is 12.0 Å².